The molecular formula is C32H32F3N7O4. The highest BCUT2D eigenvalue weighted by Crippen LogP contribution is 2.44. The van der Waals surface area contributed by atoms with Gasteiger partial charge in [-0.05, 0) is 53.9 Å². The Morgan fingerprint density at radius 3 is 2.54 bits per heavy atom. The number of morpholine rings is 1. The van der Waals surface area contributed by atoms with Gasteiger partial charge < -0.3 is 30.1 Å². The van der Waals surface area contributed by atoms with E-state index in [1.54, 1.807) is 25.3 Å². The number of ether oxygens (including phenoxy) is 2. The summed E-state index contributed by atoms with van der Waals surface area (Å²) < 4.78 is 52.1. The number of carbonyl (C=O) groups is 1. The van der Waals surface area contributed by atoms with Gasteiger partial charge in [-0.15, -0.1) is 0 Å². The monoisotopic (exact) mass is 635 g/mol. The van der Waals surface area contributed by atoms with Gasteiger partial charge in [0.25, 0.3) is 0 Å². The Morgan fingerprint density at radius 2 is 1.91 bits per heavy atom. The third-order valence-corrected chi connectivity index (χ3v) is 8.12. The first kappa shape index (κ1) is 32.5. The number of nitrogens with one attached hydrogen (secondary N) is 2. The highest BCUT2D eigenvalue weighted by atomic mass is 19.4. The number of nitriles is 2. The smallest absolute Gasteiger partial charge is 0.416 e. The molecule has 5 rings (SSSR count). The van der Waals surface area contributed by atoms with Crippen LogP contribution in [-0.4, -0.2) is 66.1 Å². The van der Waals surface area contributed by atoms with Crippen LogP contribution >= 0.6 is 0 Å². The van der Waals surface area contributed by atoms with E-state index in [1.165, 1.54) is 12.1 Å². The number of aromatic nitrogens is 2. The second kappa shape index (κ2) is 13.6. The molecule has 0 bridgehead atoms. The summed E-state index contributed by atoms with van der Waals surface area (Å²) in [6.07, 6.45) is -2.48. The van der Waals surface area contributed by atoms with Gasteiger partial charge in [0.05, 0.1) is 72.3 Å². The van der Waals surface area contributed by atoms with Crippen LogP contribution in [0.3, 0.4) is 0 Å². The number of hydrogen-bond acceptors (Lipinski definition) is 11. The molecule has 2 aliphatic heterocycles. The van der Waals surface area contributed by atoms with Gasteiger partial charge in [0.2, 0.25) is 5.95 Å². The highest BCUT2D eigenvalue weighted by molar-refractivity contribution is 5.86. The molecule has 3 aromatic rings. The average molecular weight is 636 g/mol. The van der Waals surface area contributed by atoms with Crippen molar-refractivity contribution in [2.24, 2.45) is 0 Å². The van der Waals surface area contributed by atoms with Gasteiger partial charge in [0.1, 0.15) is 12.1 Å². The van der Waals surface area contributed by atoms with Crippen LogP contribution in [0.1, 0.15) is 59.3 Å². The molecule has 14 heteroatoms. The molecule has 3 heterocycles. The predicted octanol–water partition coefficient (Wildman–Crippen LogP) is 4.32. The van der Waals surface area contributed by atoms with Crippen LogP contribution in [0.5, 0.6) is 0 Å². The van der Waals surface area contributed by atoms with Crippen molar-refractivity contribution in [2.75, 3.05) is 55.1 Å². The number of benzene rings is 2. The molecule has 0 amide bonds. The Kier molecular flexibility index (Phi) is 9.60. The number of aliphatic hydroxyl groups excluding tert-OH is 1. The first-order valence-electron chi connectivity index (χ1n) is 14.8. The molecule has 1 saturated heterocycles. The molecule has 2 unspecified atom stereocenters. The number of hydrogen-bond donors (Lipinski definition) is 3. The van der Waals surface area contributed by atoms with Crippen molar-refractivity contribution >= 4 is 23.3 Å². The molecule has 1 fully saturated rings. The van der Waals surface area contributed by atoms with Gasteiger partial charge in [-0.3, -0.25) is 0 Å². The van der Waals surface area contributed by atoms with E-state index in [2.05, 4.69) is 32.7 Å². The van der Waals surface area contributed by atoms with Crippen LogP contribution < -0.4 is 15.5 Å². The van der Waals surface area contributed by atoms with Crippen LogP contribution in [0.25, 0.3) is 0 Å². The molecule has 46 heavy (non-hydrogen) atoms. The minimum atomic E-state index is -4.59. The van der Waals surface area contributed by atoms with Crippen molar-refractivity contribution in [3.63, 3.8) is 0 Å². The molecule has 0 aliphatic carbocycles. The standard InChI is InChI=1S/C32H32F3N7O4/c1-2-31(29(44)46-10-7-43)16-27(24-15-23(32(33,34)35)3-4-25(24)41-31)40-30-38-19-28(42-5-8-45-9-6-42)26(39-30)14-20-11-21(17-36)13-22(12-20)18-37/h3-4,11-13,15,19,27,41,43H,2,5-10,14,16H2,1H3,(H,38,39,40). The lowest BCUT2D eigenvalue weighted by Crippen LogP contribution is -2.51. The predicted molar refractivity (Wildman–Crippen MR) is 161 cm³/mol. The highest BCUT2D eigenvalue weighted by Gasteiger charge is 2.46. The molecule has 2 atom stereocenters. The summed E-state index contributed by atoms with van der Waals surface area (Å²) in [7, 11) is 0. The van der Waals surface area contributed by atoms with Gasteiger partial charge in [-0.2, -0.15) is 23.7 Å². The van der Waals surface area contributed by atoms with Crippen LogP contribution in [0, 0.1) is 22.7 Å². The zero-order chi connectivity index (χ0) is 32.9. The van der Waals surface area contributed by atoms with Crippen molar-refractivity contribution in [1.82, 2.24) is 9.97 Å². The average Bonchev–Trinajstić information content (AvgIpc) is 3.06. The Bertz CT molecular complexity index is 1650. The Labute approximate surface area is 263 Å². The fraction of sp³-hybridized carbons (Fsp3) is 0.406. The normalized spacial score (nSPS) is 19.3. The molecule has 0 saturated carbocycles. The van der Waals surface area contributed by atoms with Crippen LogP contribution in [0.4, 0.5) is 30.5 Å². The van der Waals surface area contributed by atoms with Gasteiger partial charge in [-0.1, -0.05) is 6.92 Å². The summed E-state index contributed by atoms with van der Waals surface area (Å²) in [5.74, 6) is -0.524. The second-order valence-electron chi connectivity index (χ2n) is 11.1. The Balaban J connectivity index is 1.56. The molecule has 1 aromatic heterocycles. The lowest BCUT2D eigenvalue weighted by molar-refractivity contribution is -0.151. The zero-order valence-corrected chi connectivity index (χ0v) is 25.0. The zero-order valence-electron chi connectivity index (χ0n) is 25.0. The Morgan fingerprint density at radius 1 is 1.20 bits per heavy atom. The first-order chi connectivity index (χ1) is 22.1. The number of esters is 1. The number of halogens is 3. The van der Waals surface area contributed by atoms with E-state index in [9.17, 15) is 33.6 Å². The van der Waals surface area contributed by atoms with Crippen LogP contribution in [0.2, 0.25) is 0 Å². The van der Waals surface area contributed by atoms with E-state index in [0.29, 0.717) is 54.4 Å². The quantitative estimate of drug-likeness (QED) is 0.288. The SMILES string of the molecule is CCC1(C(=O)OCCO)CC(Nc2ncc(N3CCOCC3)c(Cc3cc(C#N)cc(C#N)c3)n2)c2cc(C(F)(F)F)ccc2N1. The minimum Gasteiger partial charge on any atom is -0.462 e. The number of aliphatic hydroxyl groups is 1. The van der Waals surface area contributed by atoms with Crippen molar-refractivity contribution in [3.8, 4) is 12.1 Å². The maximum atomic E-state index is 13.8. The fourth-order valence-corrected chi connectivity index (χ4v) is 5.78. The molecule has 2 aliphatic rings. The van der Waals surface area contributed by atoms with Gasteiger partial charge in [0, 0.05) is 31.6 Å². The van der Waals surface area contributed by atoms with E-state index in [4.69, 9.17) is 14.5 Å². The molecule has 11 nitrogen and oxygen atoms in total. The third-order valence-electron chi connectivity index (χ3n) is 8.12. The summed E-state index contributed by atoms with van der Waals surface area (Å²) in [6, 6.07) is 11.4. The van der Waals surface area contributed by atoms with Crippen molar-refractivity contribution in [1.29, 1.82) is 10.5 Å². The van der Waals surface area contributed by atoms with Crippen LogP contribution in [0.15, 0.2) is 42.6 Å². The van der Waals surface area contributed by atoms with Crippen LogP contribution in [-0.2, 0) is 26.9 Å². The van der Waals surface area contributed by atoms with E-state index in [0.717, 1.165) is 17.8 Å². The lowest BCUT2D eigenvalue weighted by atomic mass is 9.80. The summed E-state index contributed by atoms with van der Waals surface area (Å²) in [5.41, 5.74) is 1.06. The number of nitrogens with zero attached hydrogens (tertiary/aromatic N) is 5. The number of alkyl halides is 3. The second-order valence-corrected chi connectivity index (χ2v) is 11.1. The molecular weight excluding hydrogens is 603 g/mol. The molecule has 240 valence electrons. The van der Waals surface area contributed by atoms with Crippen molar-refractivity contribution in [3.05, 3.63) is 76.1 Å². The molecule has 0 radical (unpaired) electrons. The summed E-state index contributed by atoms with van der Waals surface area (Å²) in [4.78, 5) is 24.6. The van der Waals surface area contributed by atoms with Gasteiger partial charge >= 0.3 is 12.1 Å². The Hall–Kier alpha value is -4.92. The number of fused-ring (bicyclic) bond motifs is 1. The molecule has 0 spiro atoms. The summed E-state index contributed by atoms with van der Waals surface area (Å²) in [5, 5.41) is 34.5. The van der Waals surface area contributed by atoms with Gasteiger partial charge in [-0.25, -0.2) is 14.8 Å². The maximum absolute atomic E-state index is 13.8. The lowest BCUT2D eigenvalue weighted by Gasteiger charge is -2.41. The first-order valence-corrected chi connectivity index (χ1v) is 14.8. The van der Waals surface area contributed by atoms with Crippen molar-refractivity contribution in [2.45, 2.75) is 43.9 Å². The van der Waals surface area contributed by atoms with E-state index in [-0.39, 0.29) is 44.0 Å². The van der Waals surface area contributed by atoms with Gasteiger partial charge in [0.15, 0.2) is 0 Å². The van der Waals surface area contributed by atoms with E-state index >= 15 is 0 Å². The number of carbonyl (C=O) groups excluding carboxylic acids is 1. The number of rotatable bonds is 9. The summed E-state index contributed by atoms with van der Waals surface area (Å²) >= 11 is 0. The fourth-order valence-electron chi connectivity index (χ4n) is 5.78. The molecule has 2 aromatic carbocycles. The number of anilines is 3. The molecule has 3 N–H and O–H groups in total. The minimum absolute atomic E-state index is 0.00171. The topological polar surface area (TPSA) is 156 Å². The van der Waals surface area contributed by atoms with Crippen molar-refractivity contribution < 1.29 is 32.5 Å². The summed E-state index contributed by atoms with van der Waals surface area (Å²) in [6.45, 7) is 3.33. The van der Waals surface area contributed by atoms with E-state index in [1.807, 2.05) is 0 Å². The third kappa shape index (κ3) is 6.98. The van der Waals surface area contributed by atoms with E-state index < -0.39 is 29.3 Å². The maximum Gasteiger partial charge on any atom is 0.416 e. The largest absolute Gasteiger partial charge is 0.462 e.